The van der Waals surface area contributed by atoms with Gasteiger partial charge in [-0.2, -0.15) is 0 Å². The van der Waals surface area contributed by atoms with Crippen LogP contribution in [0.2, 0.25) is 0 Å². The lowest BCUT2D eigenvalue weighted by Crippen LogP contribution is -2.39. The Hall–Kier alpha value is -2.80. The lowest BCUT2D eigenvalue weighted by molar-refractivity contribution is -0.168. The Morgan fingerprint density at radius 3 is 1.66 bits per heavy atom. The van der Waals surface area contributed by atoms with Gasteiger partial charge in [-0.15, -0.1) is 0 Å². The smallest absolute Gasteiger partial charge is 0.340 e. The second-order valence-corrected chi connectivity index (χ2v) is 8.64. The first-order chi connectivity index (χ1) is 13.3. The summed E-state index contributed by atoms with van der Waals surface area (Å²) in [6.07, 6.45) is -1.60. The second kappa shape index (κ2) is 7.91. The van der Waals surface area contributed by atoms with E-state index in [0.29, 0.717) is 0 Å². The third-order valence-corrected chi connectivity index (χ3v) is 3.88. The van der Waals surface area contributed by atoms with Crippen molar-refractivity contribution in [3.63, 3.8) is 0 Å². The topological polar surface area (TPSA) is 96.0 Å². The van der Waals surface area contributed by atoms with Crippen LogP contribution >= 0.6 is 0 Å². The molecule has 0 aliphatic heterocycles. The molecule has 7 nitrogen and oxygen atoms in total. The van der Waals surface area contributed by atoms with Crippen molar-refractivity contribution in [2.45, 2.75) is 58.8 Å². The summed E-state index contributed by atoms with van der Waals surface area (Å²) in [4.78, 5) is 51.6. The van der Waals surface area contributed by atoms with E-state index in [-0.39, 0.29) is 11.1 Å². The predicted molar refractivity (Wildman–Crippen MR) is 105 cm³/mol. The molecular formula is C22H26O7. The third-order valence-electron chi connectivity index (χ3n) is 3.88. The average Bonchev–Trinajstić information content (AvgIpc) is 2.81. The predicted octanol–water partition coefficient (Wildman–Crippen LogP) is 3.06. The molecule has 29 heavy (non-hydrogen) atoms. The van der Waals surface area contributed by atoms with E-state index in [1.165, 1.54) is 19.2 Å². The Balaban J connectivity index is 2.67. The largest absolute Gasteiger partial charge is 0.458 e. The molecule has 2 rings (SSSR count). The number of Topliss-reactive ketones (excluding diaryl/α,β-unsaturated/α-hetero) is 2. The van der Waals surface area contributed by atoms with Crippen molar-refractivity contribution >= 4 is 23.5 Å². The van der Waals surface area contributed by atoms with Gasteiger partial charge in [-0.3, -0.25) is 9.59 Å². The van der Waals surface area contributed by atoms with Gasteiger partial charge >= 0.3 is 11.9 Å². The van der Waals surface area contributed by atoms with Crippen LogP contribution in [0.1, 0.15) is 62.3 Å². The minimum atomic E-state index is -1.60. The summed E-state index contributed by atoms with van der Waals surface area (Å²) >= 11 is 0. The molecule has 0 amide bonds. The van der Waals surface area contributed by atoms with E-state index in [9.17, 15) is 19.2 Å². The standard InChI is InChI=1S/C22H26O7/c1-21(2,3)28-19(25)15(18(27-7)20(26)29-22(4,5)6)14-16(23)12-10-8-9-11-13(12)17(14)24/h8-11,18H,1-7H3. The van der Waals surface area contributed by atoms with Crippen LogP contribution in [-0.2, 0) is 23.8 Å². The highest BCUT2D eigenvalue weighted by molar-refractivity contribution is 6.41. The Bertz CT molecular complexity index is 857. The maximum Gasteiger partial charge on any atom is 0.340 e. The molecule has 0 bridgehead atoms. The van der Waals surface area contributed by atoms with Gasteiger partial charge in [0, 0.05) is 18.2 Å². The number of carbonyl (C=O) groups is 4. The van der Waals surface area contributed by atoms with Crippen LogP contribution in [-0.4, -0.2) is 47.9 Å². The normalized spacial score (nSPS) is 15.1. The molecule has 0 aromatic heterocycles. The maximum absolute atomic E-state index is 13.0. The van der Waals surface area contributed by atoms with Gasteiger partial charge in [-0.05, 0) is 41.5 Å². The van der Waals surface area contributed by atoms with Gasteiger partial charge in [0.1, 0.15) is 11.2 Å². The van der Waals surface area contributed by atoms with Crippen molar-refractivity contribution in [1.29, 1.82) is 0 Å². The van der Waals surface area contributed by atoms with Gasteiger partial charge in [-0.1, -0.05) is 24.3 Å². The number of hydrogen-bond donors (Lipinski definition) is 0. The van der Waals surface area contributed by atoms with Crippen LogP contribution < -0.4 is 0 Å². The number of carbonyl (C=O) groups excluding carboxylic acids is 4. The van der Waals surface area contributed by atoms with Crippen molar-refractivity contribution in [2.24, 2.45) is 0 Å². The van der Waals surface area contributed by atoms with Gasteiger partial charge < -0.3 is 14.2 Å². The molecule has 0 saturated carbocycles. The van der Waals surface area contributed by atoms with Crippen LogP contribution in [0, 0.1) is 0 Å². The van der Waals surface area contributed by atoms with E-state index in [0.717, 1.165) is 0 Å². The molecule has 156 valence electrons. The van der Waals surface area contributed by atoms with E-state index in [1.807, 2.05) is 0 Å². The van der Waals surface area contributed by atoms with Crippen molar-refractivity contribution in [2.75, 3.05) is 7.11 Å². The molecule has 1 aliphatic carbocycles. The monoisotopic (exact) mass is 402 g/mol. The molecule has 0 heterocycles. The fraction of sp³-hybridized carbons (Fsp3) is 0.455. The number of ether oxygens (including phenoxy) is 3. The highest BCUT2D eigenvalue weighted by Crippen LogP contribution is 2.32. The quantitative estimate of drug-likeness (QED) is 0.434. The Morgan fingerprint density at radius 1 is 0.828 bits per heavy atom. The van der Waals surface area contributed by atoms with Crippen LogP contribution in [0.5, 0.6) is 0 Å². The first-order valence-corrected chi connectivity index (χ1v) is 9.18. The molecule has 1 aliphatic rings. The minimum Gasteiger partial charge on any atom is -0.458 e. The maximum atomic E-state index is 13.0. The minimum absolute atomic E-state index is 0.160. The lowest BCUT2D eigenvalue weighted by atomic mass is 9.98. The molecule has 0 radical (unpaired) electrons. The zero-order valence-electron chi connectivity index (χ0n) is 17.7. The Labute approximate surface area is 170 Å². The van der Waals surface area contributed by atoms with Gasteiger partial charge in [0.25, 0.3) is 0 Å². The fourth-order valence-electron chi connectivity index (χ4n) is 2.86. The molecule has 1 aromatic rings. The molecule has 7 heteroatoms. The van der Waals surface area contributed by atoms with Crippen LogP contribution in [0.3, 0.4) is 0 Å². The molecule has 0 spiro atoms. The molecule has 0 fully saturated rings. The second-order valence-electron chi connectivity index (χ2n) is 8.64. The lowest BCUT2D eigenvalue weighted by Gasteiger charge is -2.26. The third kappa shape index (κ3) is 4.98. The first kappa shape index (κ1) is 22.5. The van der Waals surface area contributed by atoms with Crippen molar-refractivity contribution in [1.82, 2.24) is 0 Å². The Kier molecular flexibility index (Phi) is 6.13. The van der Waals surface area contributed by atoms with E-state index < -0.39 is 52.0 Å². The highest BCUT2D eigenvalue weighted by Gasteiger charge is 2.44. The summed E-state index contributed by atoms with van der Waals surface area (Å²) in [7, 11) is 1.19. The van der Waals surface area contributed by atoms with Gasteiger partial charge in [-0.25, -0.2) is 9.59 Å². The molecule has 0 N–H and O–H groups in total. The van der Waals surface area contributed by atoms with Gasteiger partial charge in [0.15, 0.2) is 17.7 Å². The fourth-order valence-corrected chi connectivity index (χ4v) is 2.86. The summed E-state index contributed by atoms with van der Waals surface area (Å²) < 4.78 is 15.9. The van der Waals surface area contributed by atoms with E-state index in [1.54, 1.807) is 53.7 Å². The first-order valence-electron chi connectivity index (χ1n) is 9.18. The van der Waals surface area contributed by atoms with Crippen molar-refractivity contribution in [3.8, 4) is 0 Å². The van der Waals surface area contributed by atoms with Crippen molar-refractivity contribution in [3.05, 3.63) is 46.5 Å². The van der Waals surface area contributed by atoms with E-state index in [2.05, 4.69) is 0 Å². The number of benzene rings is 1. The number of esters is 2. The van der Waals surface area contributed by atoms with E-state index >= 15 is 0 Å². The van der Waals surface area contributed by atoms with Crippen LogP contribution in [0.25, 0.3) is 0 Å². The number of rotatable bonds is 4. The zero-order chi connectivity index (χ0) is 22.1. The van der Waals surface area contributed by atoms with E-state index in [4.69, 9.17) is 14.2 Å². The average molecular weight is 402 g/mol. The van der Waals surface area contributed by atoms with Crippen molar-refractivity contribution < 1.29 is 33.4 Å². The highest BCUT2D eigenvalue weighted by atomic mass is 16.6. The molecule has 1 unspecified atom stereocenters. The van der Waals surface area contributed by atoms with Gasteiger partial charge in [0.2, 0.25) is 0 Å². The van der Waals surface area contributed by atoms with Crippen LogP contribution in [0.4, 0.5) is 0 Å². The molecule has 1 aromatic carbocycles. The summed E-state index contributed by atoms with van der Waals surface area (Å²) in [6, 6.07) is 6.21. The molecule has 0 saturated heterocycles. The summed E-state index contributed by atoms with van der Waals surface area (Å²) in [5.41, 5.74) is -2.36. The number of methoxy groups -OCH3 is 1. The van der Waals surface area contributed by atoms with Crippen LogP contribution in [0.15, 0.2) is 35.4 Å². The summed E-state index contributed by atoms with van der Waals surface area (Å²) in [5.74, 6) is -3.20. The summed E-state index contributed by atoms with van der Waals surface area (Å²) in [6.45, 7) is 9.86. The number of fused-ring (bicyclic) bond motifs is 1. The molecule has 1 atom stereocenters. The zero-order valence-corrected chi connectivity index (χ0v) is 17.7. The summed E-state index contributed by atoms with van der Waals surface area (Å²) in [5, 5.41) is 0. The Morgan fingerprint density at radius 2 is 1.28 bits per heavy atom. The van der Waals surface area contributed by atoms with Gasteiger partial charge in [0.05, 0.1) is 11.1 Å². The number of allylic oxidation sites excluding steroid dienone is 1. The number of ketones is 2. The molecular weight excluding hydrogens is 376 g/mol. The number of hydrogen-bond acceptors (Lipinski definition) is 7. The SMILES string of the molecule is COC(C(=O)OC(C)(C)C)C(C(=O)OC(C)(C)C)=C1C(=O)c2ccccc2C1=O.